The maximum atomic E-state index is 13.5. The normalized spacial score (nSPS) is 11.8. The quantitative estimate of drug-likeness (QED) is 0.758. The Balaban J connectivity index is 1.94. The van der Waals surface area contributed by atoms with Gasteiger partial charge in [0.1, 0.15) is 11.9 Å². The van der Waals surface area contributed by atoms with Crippen molar-refractivity contribution in [2.75, 3.05) is 5.73 Å². The van der Waals surface area contributed by atoms with Crippen LogP contribution in [0.2, 0.25) is 0 Å². The molecule has 0 aliphatic heterocycles. The molecule has 0 aliphatic rings. The molecule has 2 aromatic heterocycles. The first-order chi connectivity index (χ1) is 12.0. The van der Waals surface area contributed by atoms with Crippen molar-refractivity contribution in [1.29, 1.82) is 5.26 Å². The van der Waals surface area contributed by atoms with Crippen LogP contribution in [0.4, 0.5) is 10.2 Å². The summed E-state index contributed by atoms with van der Waals surface area (Å²) in [7, 11) is 0. The topological polar surface area (TPSA) is 101 Å². The Bertz CT molecular complexity index is 960. The standard InChI is InChI=1S/C18H16FN5O/c1-10-16(9-23-24-10)13-5-17(18(21)22-8-13)25-11(2)15-6-14(19)4-3-12(15)7-20/h3-6,8-9,11H,1-2H3,(H2,21,22)(H,23,24)/t11-/m0/s1. The molecule has 1 atom stereocenters. The number of hydrogen-bond donors (Lipinski definition) is 2. The van der Waals surface area contributed by atoms with Crippen LogP contribution in [0.1, 0.15) is 29.8 Å². The van der Waals surface area contributed by atoms with E-state index in [-0.39, 0.29) is 5.82 Å². The van der Waals surface area contributed by atoms with Gasteiger partial charge in [0.15, 0.2) is 11.6 Å². The Morgan fingerprint density at radius 2 is 2.12 bits per heavy atom. The number of benzene rings is 1. The number of halogens is 1. The minimum atomic E-state index is -0.574. The number of nitrogen functional groups attached to an aromatic ring is 1. The highest BCUT2D eigenvalue weighted by Crippen LogP contribution is 2.32. The average molecular weight is 337 g/mol. The van der Waals surface area contributed by atoms with Gasteiger partial charge in [0, 0.05) is 28.6 Å². The Kier molecular flexibility index (Phi) is 4.35. The molecule has 6 nitrogen and oxygen atoms in total. The van der Waals surface area contributed by atoms with Crippen molar-refractivity contribution in [3.8, 4) is 22.9 Å². The van der Waals surface area contributed by atoms with Gasteiger partial charge in [-0.25, -0.2) is 9.37 Å². The fourth-order valence-electron chi connectivity index (χ4n) is 2.56. The van der Waals surface area contributed by atoms with Crippen molar-refractivity contribution in [1.82, 2.24) is 15.2 Å². The third kappa shape index (κ3) is 3.28. The van der Waals surface area contributed by atoms with E-state index in [9.17, 15) is 9.65 Å². The Labute approximate surface area is 144 Å². The summed E-state index contributed by atoms with van der Waals surface area (Å²) in [5, 5.41) is 16.1. The zero-order chi connectivity index (χ0) is 18.0. The van der Waals surface area contributed by atoms with E-state index < -0.39 is 11.9 Å². The minimum Gasteiger partial charge on any atom is -0.482 e. The fraction of sp³-hybridized carbons (Fsp3) is 0.167. The van der Waals surface area contributed by atoms with Crippen LogP contribution < -0.4 is 10.5 Å². The second-order valence-electron chi connectivity index (χ2n) is 5.62. The predicted octanol–water partition coefficient (Wildman–Crippen LogP) is 3.51. The number of rotatable bonds is 4. The summed E-state index contributed by atoms with van der Waals surface area (Å²) in [5.41, 5.74) is 9.28. The van der Waals surface area contributed by atoms with Crippen LogP contribution in [0, 0.1) is 24.1 Å². The molecule has 7 heteroatoms. The Hall–Kier alpha value is -3.40. The molecule has 25 heavy (non-hydrogen) atoms. The van der Waals surface area contributed by atoms with Crippen molar-refractivity contribution < 1.29 is 9.13 Å². The van der Waals surface area contributed by atoms with Crippen LogP contribution in [-0.2, 0) is 0 Å². The first kappa shape index (κ1) is 16.5. The van der Waals surface area contributed by atoms with Gasteiger partial charge in [-0.05, 0) is 38.1 Å². The van der Waals surface area contributed by atoms with Crippen molar-refractivity contribution in [3.63, 3.8) is 0 Å². The summed E-state index contributed by atoms with van der Waals surface area (Å²) in [4.78, 5) is 4.16. The number of nitrogens with one attached hydrogen (secondary N) is 1. The zero-order valence-corrected chi connectivity index (χ0v) is 13.7. The largest absolute Gasteiger partial charge is 0.482 e. The number of hydrogen-bond acceptors (Lipinski definition) is 5. The number of nitrogens with two attached hydrogens (primary N) is 1. The highest BCUT2D eigenvalue weighted by Gasteiger charge is 2.16. The van der Waals surface area contributed by atoms with Crippen LogP contribution in [-0.4, -0.2) is 15.2 Å². The van der Waals surface area contributed by atoms with E-state index in [1.807, 2.05) is 13.0 Å². The Morgan fingerprint density at radius 3 is 2.80 bits per heavy atom. The summed E-state index contributed by atoms with van der Waals surface area (Å²) < 4.78 is 19.4. The number of anilines is 1. The van der Waals surface area contributed by atoms with E-state index in [1.165, 1.54) is 18.2 Å². The number of aromatic nitrogens is 3. The Morgan fingerprint density at radius 1 is 1.32 bits per heavy atom. The molecule has 1 aromatic carbocycles. The fourth-order valence-corrected chi connectivity index (χ4v) is 2.56. The van der Waals surface area contributed by atoms with Gasteiger partial charge in [0.05, 0.1) is 17.8 Å². The molecular formula is C18H16FN5O. The number of nitrogens with zero attached hydrogens (tertiary/aromatic N) is 3. The van der Waals surface area contributed by atoms with Gasteiger partial charge in [-0.3, -0.25) is 5.10 Å². The number of aromatic amines is 1. The number of aryl methyl sites for hydroxylation is 1. The van der Waals surface area contributed by atoms with E-state index in [4.69, 9.17) is 10.5 Å². The van der Waals surface area contributed by atoms with Crippen LogP contribution in [0.3, 0.4) is 0 Å². The third-order valence-electron chi connectivity index (χ3n) is 3.90. The number of H-pyrrole nitrogens is 1. The van der Waals surface area contributed by atoms with Crippen LogP contribution in [0.5, 0.6) is 5.75 Å². The van der Waals surface area contributed by atoms with Gasteiger partial charge >= 0.3 is 0 Å². The molecule has 126 valence electrons. The zero-order valence-electron chi connectivity index (χ0n) is 13.7. The van der Waals surface area contributed by atoms with E-state index in [2.05, 4.69) is 15.2 Å². The summed E-state index contributed by atoms with van der Waals surface area (Å²) in [6, 6.07) is 7.75. The number of nitriles is 1. The van der Waals surface area contributed by atoms with E-state index in [0.717, 1.165) is 16.8 Å². The molecule has 0 aliphatic carbocycles. The summed E-state index contributed by atoms with van der Waals surface area (Å²) >= 11 is 0. The molecule has 0 bridgehead atoms. The van der Waals surface area contributed by atoms with E-state index in [1.54, 1.807) is 25.4 Å². The van der Waals surface area contributed by atoms with Gasteiger partial charge in [-0.1, -0.05) is 0 Å². The second-order valence-corrected chi connectivity index (χ2v) is 5.62. The highest BCUT2D eigenvalue weighted by atomic mass is 19.1. The first-order valence-electron chi connectivity index (χ1n) is 7.61. The van der Waals surface area contributed by atoms with Crippen LogP contribution in [0.15, 0.2) is 36.7 Å². The van der Waals surface area contributed by atoms with Crippen LogP contribution >= 0.6 is 0 Å². The molecule has 0 fully saturated rings. The molecule has 0 unspecified atom stereocenters. The molecular weight excluding hydrogens is 321 g/mol. The van der Waals surface area contributed by atoms with Crippen molar-refractivity contribution >= 4 is 5.82 Å². The second kappa shape index (κ2) is 6.61. The maximum Gasteiger partial charge on any atom is 0.166 e. The molecule has 0 spiro atoms. The molecule has 2 heterocycles. The molecule has 0 saturated heterocycles. The lowest BCUT2D eigenvalue weighted by atomic mass is 10.0. The average Bonchev–Trinajstić information content (AvgIpc) is 3.02. The lowest BCUT2D eigenvalue weighted by Crippen LogP contribution is -2.08. The summed E-state index contributed by atoms with van der Waals surface area (Å²) in [6.45, 7) is 3.62. The number of ether oxygens (including phenoxy) is 1. The molecule has 0 saturated carbocycles. The third-order valence-corrected chi connectivity index (χ3v) is 3.90. The highest BCUT2D eigenvalue weighted by molar-refractivity contribution is 5.68. The lowest BCUT2D eigenvalue weighted by molar-refractivity contribution is 0.227. The van der Waals surface area contributed by atoms with Crippen molar-refractivity contribution in [2.45, 2.75) is 20.0 Å². The lowest BCUT2D eigenvalue weighted by Gasteiger charge is -2.18. The SMILES string of the molecule is Cc1[nH]ncc1-c1cnc(N)c(O[C@@H](C)c2cc(F)ccc2C#N)c1. The number of pyridine rings is 1. The van der Waals surface area contributed by atoms with E-state index in [0.29, 0.717) is 16.9 Å². The van der Waals surface area contributed by atoms with Gasteiger partial charge < -0.3 is 10.5 Å². The summed E-state index contributed by atoms with van der Waals surface area (Å²) in [6.07, 6.45) is 2.75. The monoisotopic (exact) mass is 337 g/mol. The van der Waals surface area contributed by atoms with Crippen LogP contribution in [0.25, 0.3) is 11.1 Å². The molecule has 3 aromatic rings. The van der Waals surface area contributed by atoms with Crippen molar-refractivity contribution in [2.24, 2.45) is 0 Å². The van der Waals surface area contributed by atoms with E-state index >= 15 is 0 Å². The first-order valence-corrected chi connectivity index (χ1v) is 7.61. The molecule has 0 amide bonds. The molecule has 0 radical (unpaired) electrons. The van der Waals surface area contributed by atoms with Gasteiger partial charge in [0.2, 0.25) is 0 Å². The van der Waals surface area contributed by atoms with Crippen molar-refractivity contribution in [3.05, 3.63) is 59.3 Å². The predicted molar refractivity (Wildman–Crippen MR) is 91.1 cm³/mol. The van der Waals surface area contributed by atoms with Gasteiger partial charge in [-0.2, -0.15) is 10.4 Å². The maximum absolute atomic E-state index is 13.5. The minimum absolute atomic E-state index is 0.214. The van der Waals surface area contributed by atoms with Gasteiger partial charge in [-0.15, -0.1) is 0 Å². The van der Waals surface area contributed by atoms with Gasteiger partial charge in [0.25, 0.3) is 0 Å². The molecule has 3 N–H and O–H groups in total. The summed E-state index contributed by atoms with van der Waals surface area (Å²) in [5.74, 6) is 0.142. The molecule has 3 rings (SSSR count). The smallest absolute Gasteiger partial charge is 0.166 e.